The lowest BCUT2D eigenvalue weighted by Gasteiger charge is -2.11. The van der Waals surface area contributed by atoms with E-state index in [2.05, 4.69) is 185 Å². The fraction of sp³-hybridized carbons (Fsp3) is 0. The lowest BCUT2D eigenvalue weighted by molar-refractivity contribution is 0.668. The van der Waals surface area contributed by atoms with Gasteiger partial charge in [-0.2, -0.15) is 0 Å². The minimum atomic E-state index is 0.852. The molecule has 5 nitrogen and oxygen atoms in total. The molecule has 5 heteroatoms. The Bertz CT molecular complexity index is 3840. The predicted molar refractivity (Wildman–Crippen MR) is 246 cm³/mol. The Morgan fingerprint density at radius 1 is 0.300 bits per heavy atom. The Labute approximate surface area is 343 Å². The van der Waals surface area contributed by atoms with E-state index >= 15 is 0 Å². The Morgan fingerprint density at radius 3 is 1.58 bits per heavy atom. The van der Waals surface area contributed by atoms with Crippen LogP contribution in [-0.2, 0) is 0 Å². The first-order chi connectivity index (χ1) is 29.7. The number of imidazole rings is 1. The molecule has 0 saturated carbocycles. The van der Waals surface area contributed by atoms with Gasteiger partial charge in [-0.15, -0.1) is 0 Å². The molecule has 9 aromatic carbocycles. The third kappa shape index (κ3) is 4.96. The van der Waals surface area contributed by atoms with Gasteiger partial charge in [0.05, 0.1) is 22.1 Å². The third-order valence-corrected chi connectivity index (χ3v) is 12.1. The van der Waals surface area contributed by atoms with Crippen LogP contribution < -0.4 is 0 Å². The molecule has 13 rings (SSSR count). The standard InChI is InChI=1S/C55H33N3O2/c1-2-12-39(13-3-1)58-50-19-8-6-17-47(50)56-55(58)38-24-28-54-46(33-38)45-32-36(22-27-53(45)60-54)34-11-10-14-40(29-34)57-48-18-7-4-15-41(48)43-30-35(21-25-49(43)57)37-23-26-52-44(31-37)42-16-5-9-20-51(42)59-52/h1-33H. The van der Waals surface area contributed by atoms with Crippen molar-refractivity contribution in [1.82, 2.24) is 14.1 Å². The number of aromatic nitrogens is 3. The van der Waals surface area contributed by atoms with Crippen molar-refractivity contribution in [3.63, 3.8) is 0 Å². The second-order valence-electron chi connectivity index (χ2n) is 15.6. The first-order valence-corrected chi connectivity index (χ1v) is 20.3. The fourth-order valence-electron chi connectivity index (χ4n) is 9.31. The van der Waals surface area contributed by atoms with Gasteiger partial charge in [-0.3, -0.25) is 4.57 Å². The monoisotopic (exact) mass is 767 g/mol. The second kappa shape index (κ2) is 12.7. The molecule has 4 aromatic heterocycles. The van der Waals surface area contributed by atoms with Crippen LogP contribution in [0.5, 0.6) is 0 Å². The molecule has 0 radical (unpaired) electrons. The van der Waals surface area contributed by atoms with Gasteiger partial charge in [0.2, 0.25) is 0 Å². The van der Waals surface area contributed by atoms with Crippen LogP contribution >= 0.6 is 0 Å². The SMILES string of the molecule is c1ccc(-n2c(-c3ccc4oc5ccc(-c6cccc(-n7c8ccccc8c8cc(-c9ccc%10oc%11ccccc%11c%10c9)ccc87)c6)cc5c4c3)nc3ccccc32)cc1. The molecule has 0 aliphatic carbocycles. The summed E-state index contributed by atoms with van der Waals surface area (Å²) in [6.07, 6.45) is 0. The minimum Gasteiger partial charge on any atom is -0.456 e. The average Bonchev–Trinajstić information content (AvgIpc) is 4.07. The molecule has 0 aliphatic rings. The number of fused-ring (bicyclic) bond motifs is 10. The third-order valence-electron chi connectivity index (χ3n) is 12.1. The van der Waals surface area contributed by atoms with Crippen molar-refractivity contribution >= 4 is 76.7 Å². The highest BCUT2D eigenvalue weighted by atomic mass is 16.3. The van der Waals surface area contributed by atoms with Gasteiger partial charge in [0.1, 0.15) is 28.2 Å². The van der Waals surface area contributed by atoms with Crippen LogP contribution in [0.25, 0.3) is 122 Å². The van der Waals surface area contributed by atoms with E-state index in [1.54, 1.807) is 0 Å². The Balaban J connectivity index is 0.918. The second-order valence-corrected chi connectivity index (χ2v) is 15.6. The molecule has 0 bridgehead atoms. The smallest absolute Gasteiger partial charge is 0.145 e. The van der Waals surface area contributed by atoms with Crippen LogP contribution in [0.15, 0.2) is 209 Å². The molecule has 0 amide bonds. The minimum absolute atomic E-state index is 0.852. The van der Waals surface area contributed by atoms with Gasteiger partial charge >= 0.3 is 0 Å². The van der Waals surface area contributed by atoms with Crippen molar-refractivity contribution in [1.29, 1.82) is 0 Å². The quantitative estimate of drug-likeness (QED) is 0.175. The molecule has 60 heavy (non-hydrogen) atoms. The van der Waals surface area contributed by atoms with Crippen LogP contribution in [0.1, 0.15) is 0 Å². The van der Waals surface area contributed by atoms with E-state index in [9.17, 15) is 0 Å². The summed E-state index contributed by atoms with van der Waals surface area (Å²) in [4.78, 5) is 5.14. The molecule has 0 atom stereocenters. The normalized spacial score (nSPS) is 12.0. The largest absolute Gasteiger partial charge is 0.456 e. The summed E-state index contributed by atoms with van der Waals surface area (Å²) < 4.78 is 17.2. The summed E-state index contributed by atoms with van der Waals surface area (Å²) in [5.74, 6) is 0.897. The lowest BCUT2D eigenvalue weighted by atomic mass is 10.0. The molecule has 0 fully saturated rings. The fourth-order valence-corrected chi connectivity index (χ4v) is 9.31. The molecule has 13 aromatic rings. The van der Waals surface area contributed by atoms with Gasteiger partial charge < -0.3 is 13.4 Å². The maximum absolute atomic E-state index is 6.43. The van der Waals surface area contributed by atoms with Crippen molar-refractivity contribution in [3.05, 3.63) is 200 Å². The molecule has 280 valence electrons. The number of rotatable bonds is 5. The summed E-state index contributed by atoms with van der Waals surface area (Å²) in [6, 6.07) is 70.9. The summed E-state index contributed by atoms with van der Waals surface area (Å²) in [6.45, 7) is 0. The predicted octanol–water partition coefficient (Wildman–Crippen LogP) is 14.9. The van der Waals surface area contributed by atoms with E-state index in [1.165, 1.54) is 27.4 Å². The maximum Gasteiger partial charge on any atom is 0.145 e. The zero-order valence-electron chi connectivity index (χ0n) is 32.2. The molecule has 0 saturated heterocycles. The van der Waals surface area contributed by atoms with Crippen molar-refractivity contribution in [2.75, 3.05) is 0 Å². The molecule has 0 unspecified atom stereocenters. The molecular formula is C55H33N3O2. The molecular weight excluding hydrogens is 735 g/mol. The lowest BCUT2D eigenvalue weighted by Crippen LogP contribution is -1.97. The van der Waals surface area contributed by atoms with Crippen molar-refractivity contribution in [3.8, 4) is 45.0 Å². The number of hydrogen-bond acceptors (Lipinski definition) is 3. The highest BCUT2D eigenvalue weighted by molar-refractivity contribution is 6.12. The van der Waals surface area contributed by atoms with E-state index in [0.29, 0.717) is 0 Å². The summed E-state index contributed by atoms with van der Waals surface area (Å²) >= 11 is 0. The number of nitrogens with zero attached hydrogens (tertiary/aromatic N) is 3. The highest BCUT2D eigenvalue weighted by Gasteiger charge is 2.18. The van der Waals surface area contributed by atoms with E-state index < -0.39 is 0 Å². The van der Waals surface area contributed by atoms with E-state index in [1.807, 2.05) is 24.3 Å². The van der Waals surface area contributed by atoms with E-state index in [4.69, 9.17) is 13.8 Å². The summed E-state index contributed by atoms with van der Waals surface area (Å²) in [5.41, 5.74) is 15.7. The Hall–Kier alpha value is -8.15. The van der Waals surface area contributed by atoms with Crippen molar-refractivity contribution in [2.24, 2.45) is 0 Å². The van der Waals surface area contributed by atoms with Crippen LogP contribution in [0.3, 0.4) is 0 Å². The van der Waals surface area contributed by atoms with Gasteiger partial charge in [0, 0.05) is 49.3 Å². The number of para-hydroxylation sites is 5. The Kier molecular flexibility index (Phi) is 6.95. The topological polar surface area (TPSA) is 49.0 Å². The van der Waals surface area contributed by atoms with Crippen LogP contribution in [-0.4, -0.2) is 14.1 Å². The van der Waals surface area contributed by atoms with E-state index in [0.717, 1.165) is 94.3 Å². The zero-order chi connectivity index (χ0) is 39.3. The molecule has 0 N–H and O–H groups in total. The van der Waals surface area contributed by atoms with Crippen molar-refractivity contribution in [2.45, 2.75) is 0 Å². The Morgan fingerprint density at radius 2 is 0.817 bits per heavy atom. The first kappa shape index (κ1) is 32.9. The number of hydrogen-bond donors (Lipinski definition) is 0. The summed E-state index contributed by atoms with van der Waals surface area (Å²) in [5, 5.41) is 6.84. The zero-order valence-corrected chi connectivity index (χ0v) is 32.2. The first-order valence-electron chi connectivity index (χ1n) is 20.3. The van der Waals surface area contributed by atoms with Crippen LogP contribution in [0.4, 0.5) is 0 Å². The molecule has 0 spiro atoms. The van der Waals surface area contributed by atoms with Crippen LogP contribution in [0, 0.1) is 0 Å². The van der Waals surface area contributed by atoms with Gasteiger partial charge in [0.25, 0.3) is 0 Å². The van der Waals surface area contributed by atoms with Gasteiger partial charge in [0.15, 0.2) is 0 Å². The molecule has 0 aliphatic heterocycles. The van der Waals surface area contributed by atoms with Gasteiger partial charge in [-0.05, 0) is 125 Å². The van der Waals surface area contributed by atoms with Crippen molar-refractivity contribution < 1.29 is 8.83 Å². The number of benzene rings is 9. The number of furan rings is 2. The summed E-state index contributed by atoms with van der Waals surface area (Å²) in [7, 11) is 0. The average molecular weight is 768 g/mol. The van der Waals surface area contributed by atoms with Gasteiger partial charge in [-0.1, -0.05) is 97.1 Å². The maximum atomic E-state index is 6.43. The van der Waals surface area contributed by atoms with E-state index in [-0.39, 0.29) is 0 Å². The van der Waals surface area contributed by atoms with Crippen LogP contribution in [0.2, 0.25) is 0 Å². The molecule has 4 heterocycles. The van der Waals surface area contributed by atoms with Gasteiger partial charge in [-0.25, -0.2) is 4.98 Å². The highest BCUT2D eigenvalue weighted by Crippen LogP contribution is 2.40.